The van der Waals surface area contributed by atoms with Crippen LogP contribution in [0.25, 0.3) is 4.48 Å². The number of fused-ring (bicyclic) bond motifs is 1. The van der Waals surface area contributed by atoms with Crippen molar-refractivity contribution < 1.29 is 0 Å². The van der Waals surface area contributed by atoms with Crippen LogP contribution in [0.4, 0.5) is 0 Å². The van der Waals surface area contributed by atoms with Crippen LogP contribution in [0.1, 0.15) is 0 Å². The highest BCUT2D eigenvalue weighted by molar-refractivity contribution is 9.14. The minimum atomic E-state index is -0.136. The molecule has 0 amide bonds. The van der Waals surface area contributed by atoms with Crippen molar-refractivity contribution in [2.24, 2.45) is 4.99 Å². The minimum Gasteiger partial charge on any atom is -0.312 e. The number of hydrogen-bond donors (Lipinski definition) is 1. The Bertz CT molecular complexity index is 461. The molecule has 0 saturated carbocycles. The summed E-state index contributed by atoms with van der Waals surface area (Å²) in [7, 11) is 0. The minimum absolute atomic E-state index is 0.136. The van der Waals surface area contributed by atoms with Crippen molar-refractivity contribution in [2.75, 3.05) is 6.54 Å². The van der Waals surface area contributed by atoms with Crippen LogP contribution in [0.15, 0.2) is 16.1 Å². The van der Waals surface area contributed by atoms with Crippen LogP contribution >= 0.6 is 15.9 Å². The molecule has 0 radical (unpaired) electrons. The van der Waals surface area contributed by atoms with Crippen molar-refractivity contribution in [3.8, 4) is 0 Å². The molecule has 2 rings (SSSR count). The van der Waals surface area contributed by atoms with Crippen molar-refractivity contribution in [3.05, 3.63) is 27.4 Å². The van der Waals surface area contributed by atoms with E-state index in [1.54, 1.807) is 0 Å². The summed E-state index contributed by atoms with van der Waals surface area (Å²) in [5.74, 6) is 0. The van der Waals surface area contributed by atoms with Crippen molar-refractivity contribution in [2.45, 2.75) is 0 Å². The van der Waals surface area contributed by atoms with Crippen LogP contribution in [0.3, 0.4) is 0 Å². The molecule has 1 aliphatic rings. The molecular formula is C6H4BrN3O. The molecule has 1 N–H and O–H groups in total. The van der Waals surface area contributed by atoms with E-state index in [0.29, 0.717) is 17.3 Å². The summed E-state index contributed by atoms with van der Waals surface area (Å²) in [6, 6.07) is 0. The van der Waals surface area contributed by atoms with E-state index in [-0.39, 0.29) is 5.56 Å². The third-order valence-corrected chi connectivity index (χ3v) is 2.12. The van der Waals surface area contributed by atoms with E-state index in [9.17, 15) is 4.79 Å². The second-order valence-electron chi connectivity index (χ2n) is 2.15. The number of aromatic nitrogens is 2. The quantitative estimate of drug-likeness (QED) is 0.596. The number of halogens is 1. The fourth-order valence-corrected chi connectivity index (χ4v) is 1.46. The number of nitrogens with one attached hydrogen (secondary N) is 1. The van der Waals surface area contributed by atoms with Crippen LogP contribution in [0, 0.1) is 0 Å². The van der Waals surface area contributed by atoms with Gasteiger partial charge in [-0.05, 0) is 0 Å². The average Bonchev–Trinajstić information content (AvgIpc) is 2.34. The van der Waals surface area contributed by atoms with Crippen molar-refractivity contribution in [1.82, 2.24) is 9.97 Å². The van der Waals surface area contributed by atoms with Gasteiger partial charge in [0, 0.05) is 4.48 Å². The molecule has 4 nitrogen and oxygen atoms in total. The smallest absolute Gasteiger partial charge is 0.261 e. The zero-order valence-corrected chi connectivity index (χ0v) is 7.05. The predicted molar refractivity (Wildman–Crippen MR) is 42.8 cm³/mol. The van der Waals surface area contributed by atoms with E-state index < -0.39 is 0 Å². The van der Waals surface area contributed by atoms with Crippen molar-refractivity contribution in [3.63, 3.8) is 0 Å². The summed E-state index contributed by atoms with van der Waals surface area (Å²) in [6.45, 7) is 0.523. The molecule has 0 spiro atoms. The third kappa shape index (κ3) is 0.920. The number of H-pyrrole nitrogens is 1. The summed E-state index contributed by atoms with van der Waals surface area (Å²) in [4.78, 5) is 21.5. The second kappa shape index (κ2) is 2.27. The Labute approximate surface area is 69.8 Å². The maximum Gasteiger partial charge on any atom is 0.261 e. The molecule has 0 fully saturated rings. The number of hydrogen-bond acceptors (Lipinski definition) is 3. The zero-order chi connectivity index (χ0) is 7.84. The lowest BCUT2D eigenvalue weighted by molar-refractivity contribution is 1.01. The third-order valence-electron chi connectivity index (χ3n) is 1.47. The highest BCUT2D eigenvalue weighted by Crippen LogP contribution is 2.02. The van der Waals surface area contributed by atoms with Gasteiger partial charge in [-0.3, -0.25) is 9.79 Å². The summed E-state index contributed by atoms with van der Waals surface area (Å²) in [5, 5.41) is 0.563. The fourth-order valence-electron chi connectivity index (χ4n) is 0.978. The fraction of sp³-hybridized carbons (Fsp3) is 0.167. The van der Waals surface area contributed by atoms with Gasteiger partial charge in [-0.1, -0.05) is 15.9 Å². The number of aromatic amines is 1. The number of rotatable bonds is 0. The lowest BCUT2D eigenvalue weighted by Gasteiger charge is -1.81. The Kier molecular flexibility index (Phi) is 1.38. The largest absolute Gasteiger partial charge is 0.312 e. The second-order valence-corrected chi connectivity index (χ2v) is 3.11. The first-order chi connectivity index (χ1) is 5.29. The molecule has 0 aromatic carbocycles. The van der Waals surface area contributed by atoms with Gasteiger partial charge in [-0.25, -0.2) is 4.98 Å². The molecule has 1 aromatic heterocycles. The summed E-state index contributed by atoms with van der Waals surface area (Å²) in [6.07, 6.45) is 1.36. The topological polar surface area (TPSA) is 58.1 Å². The Morgan fingerprint density at radius 2 is 2.45 bits per heavy atom. The molecule has 0 bridgehead atoms. The Balaban J connectivity index is 3.12. The van der Waals surface area contributed by atoms with Crippen LogP contribution in [0.2, 0.25) is 0 Å². The monoisotopic (exact) mass is 213 g/mol. The SMILES string of the molecule is O=c1[nH]cnc2c1=C(Br)CN=2. The first-order valence-electron chi connectivity index (χ1n) is 3.06. The Hall–Kier alpha value is -0.970. The van der Waals surface area contributed by atoms with Crippen LogP contribution in [-0.2, 0) is 0 Å². The zero-order valence-electron chi connectivity index (χ0n) is 5.47. The Morgan fingerprint density at radius 1 is 1.64 bits per heavy atom. The van der Waals surface area contributed by atoms with Crippen LogP contribution in [-0.4, -0.2) is 16.5 Å². The van der Waals surface area contributed by atoms with Gasteiger partial charge in [0.2, 0.25) is 0 Å². The molecule has 5 heteroatoms. The molecule has 0 atom stereocenters. The molecular weight excluding hydrogens is 210 g/mol. The summed E-state index contributed by atoms with van der Waals surface area (Å²) in [5.41, 5.74) is 0.392. The average molecular weight is 214 g/mol. The Morgan fingerprint density at radius 3 is 3.18 bits per heavy atom. The van der Waals surface area contributed by atoms with Crippen LogP contribution in [0.5, 0.6) is 0 Å². The molecule has 1 aromatic rings. The predicted octanol–water partition coefficient (Wildman–Crippen LogP) is -1.09. The lowest BCUT2D eigenvalue weighted by atomic mass is 10.4. The summed E-state index contributed by atoms with van der Waals surface area (Å²) < 4.78 is 0.807. The van der Waals surface area contributed by atoms with Crippen molar-refractivity contribution in [1.29, 1.82) is 0 Å². The van der Waals surface area contributed by atoms with Gasteiger partial charge in [0.1, 0.15) is 0 Å². The first kappa shape index (κ1) is 6.72. The van der Waals surface area contributed by atoms with E-state index >= 15 is 0 Å². The van der Waals surface area contributed by atoms with Gasteiger partial charge in [-0.2, -0.15) is 0 Å². The summed E-state index contributed by atoms with van der Waals surface area (Å²) >= 11 is 3.25. The molecule has 0 unspecified atom stereocenters. The van der Waals surface area contributed by atoms with Gasteiger partial charge >= 0.3 is 0 Å². The maximum atomic E-state index is 11.1. The van der Waals surface area contributed by atoms with E-state index in [2.05, 4.69) is 30.9 Å². The van der Waals surface area contributed by atoms with E-state index in [0.717, 1.165) is 4.48 Å². The van der Waals surface area contributed by atoms with E-state index in [1.165, 1.54) is 6.33 Å². The lowest BCUT2D eigenvalue weighted by Crippen LogP contribution is -2.41. The van der Waals surface area contributed by atoms with Gasteiger partial charge in [0.15, 0.2) is 5.49 Å². The molecule has 0 aliphatic carbocycles. The normalized spacial score (nSPS) is 14.5. The first-order valence-corrected chi connectivity index (χ1v) is 3.85. The van der Waals surface area contributed by atoms with Gasteiger partial charge in [0.05, 0.1) is 18.1 Å². The molecule has 2 heterocycles. The molecule has 56 valence electrons. The van der Waals surface area contributed by atoms with Gasteiger partial charge < -0.3 is 4.98 Å². The standard InChI is InChI=1S/C6H4BrN3O/c7-3-1-8-5-4(3)6(11)10-2-9-5/h2H,1H2,(H,8,9,10,11). The highest BCUT2D eigenvalue weighted by Gasteiger charge is 2.06. The molecule has 0 saturated heterocycles. The molecule has 1 aliphatic heterocycles. The maximum absolute atomic E-state index is 11.1. The van der Waals surface area contributed by atoms with Gasteiger partial charge in [-0.15, -0.1) is 0 Å². The highest BCUT2D eigenvalue weighted by atomic mass is 79.9. The van der Waals surface area contributed by atoms with Gasteiger partial charge in [0.25, 0.3) is 5.56 Å². The molecule has 11 heavy (non-hydrogen) atoms. The van der Waals surface area contributed by atoms with E-state index in [1.807, 2.05) is 0 Å². The number of nitrogens with zero attached hydrogens (tertiary/aromatic N) is 2. The van der Waals surface area contributed by atoms with E-state index in [4.69, 9.17) is 0 Å². The van der Waals surface area contributed by atoms with Crippen molar-refractivity contribution >= 4 is 20.4 Å². The van der Waals surface area contributed by atoms with Crippen LogP contribution < -0.4 is 16.3 Å².